The zero-order valence-electron chi connectivity index (χ0n) is 38.3. The number of anilines is 1. The summed E-state index contributed by atoms with van der Waals surface area (Å²) in [5.41, 5.74) is -1.55. The van der Waals surface area contributed by atoms with Crippen molar-refractivity contribution in [2.45, 2.75) is 106 Å². The Hall–Kier alpha value is -4.86. The van der Waals surface area contributed by atoms with E-state index in [4.69, 9.17) is 18.9 Å². The molecule has 65 heavy (non-hydrogen) atoms. The van der Waals surface area contributed by atoms with E-state index in [2.05, 4.69) is 14.8 Å². The van der Waals surface area contributed by atoms with Crippen LogP contribution in [-0.4, -0.2) is 134 Å². The third kappa shape index (κ3) is 6.02. The van der Waals surface area contributed by atoms with Crippen LogP contribution in [-0.2, 0) is 45.8 Å². The first-order valence-electron chi connectivity index (χ1n) is 23.2. The van der Waals surface area contributed by atoms with Crippen molar-refractivity contribution in [1.29, 1.82) is 0 Å². The molecule has 5 aliphatic heterocycles. The molecule has 2 N–H and O–H groups in total. The Kier molecular flexibility index (Phi) is 10.2. The molecule has 7 aliphatic rings. The molecule has 0 radical (unpaired) electrons. The topological polar surface area (TPSA) is 151 Å². The van der Waals surface area contributed by atoms with Crippen LogP contribution in [0.25, 0.3) is 10.9 Å². The number of carbonyl (C=O) groups is 4. The molecular weight excluding hydrogens is 839 g/mol. The highest BCUT2D eigenvalue weighted by atomic mass is 19.3. The molecule has 2 aliphatic carbocycles. The second kappa shape index (κ2) is 15.1. The van der Waals surface area contributed by atoms with Crippen molar-refractivity contribution in [3.05, 3.63) is 70.4 Å². The Bertz CT molecular complexity index is 2530. The highest BCUT2D eigenvalue weighted by Crippen LogP contribution is 2.68. The van der Waals surface area contributed by atoms with Crippen molar-refractivity contribution in [2.75, 3.05) is 66.0 Å². The number of nitrogens with zero attached hydrogens (tertiary/aromatic N) is 3. The molecule has 6 heterocycles. The average Bonchev–Trinajstić information content (AvgIpc) is 3.90. The Morgan fingerprint density at radius 3 is 2.40 bits per heavy atom. The maximum absolute atomic E-state index is 15.5. The van der Waals surface area contributed by atoms with Gasteiger partial charge in [0, 0.05) is 108 Å². The second-order valence-corrected chi connectivity index (χ2v) is 20.2. The molecule has 13 nitrogen and oxygen atoms in total. The van der Waals surface area contributed by atoms with E-state index >= 15 is 13.6 Å². The van der Waals surface area contributed by atoms with Crippen molar-refractivity contribution in [3.8, 4) is 5.75 Å². The molecular formula is C50H60F2N4O9. The lowest BCUT2D eigenvalue weighted by molar-refractivity contribution is -0.228. The van der Waals surface area contributed by atoms with Gasteiger partial charge in [-0.15, -0.1) is 0 Å². The monoisotopic (exact) mass is 898 g/mol. The predicted molar refractivity (Wildman–Crippen MR) is 236 cm³/mol. The number of benzene rings is 2. The molecule has 2 bridgehead atoms. The lowest BCUT2D eigenvalue weighted by atomic mass is 9.47. The van der Waals surface area contributed by atoms with Crippen molar-refractivity contribution in [2.24, 2.45) is 23.2 Å². The van der Waals surface area contributed by atoms with Crippen LogP contribution in [0.2, 0.25) is 0 Å². The summed E-state index contributed by atoms with van der Waals surface area (Å²) in [6.45, 7) is 6.54. The molecule has 348 valence electrons. The van der Waals surface area contributed by atoms with E-state index in [0.29, 0.717) is 73.7 Å². The third-order valence-corrected chi connectivity index (χ3v) is 16.9. The van der Waals surface area contributed by atoms with Gasteiger partial charge in [0.15, 0.2) is 11.9 Å². The minimum atomic E-state index is -2.97. The summed E-state index contributed by atoms with van der Waals surface area (Å²) in [5.74, 6) is -6.11. The number of nitrogens with one attached hydrogen (secondary N) is 1. The zero-order chi connectivity index (χ0) is 46.2. The van der Waals surface area contributed by atoms with E-state index in [-0.39, 0.29) is 31.1 Å². The van der Waals surface area contributed by atoms with E-state index in [1.54, 1.807) is 0 Å². The molecule has 1 unspecified atom stereocenters. The number of aromatic amines is 1. The molecule has 15 heteroatoms. The SMILES string of the molecule is CC[C@]12C=CCN3CC[C@@]4(c5cc([C@@]6(C(=O)OC)C[C@H]7C[C@@H](C(C)(F)F)CN(CCc8c6[nH]c6ccc(C(=O)C9CC9)cc86)C7)c(OC)cc5N(C)[C@H]4[C@@](O)(C(=O)OC)[C@@H]1OC(C)=O)[C@@H]32. The lowest BCUT2D eigenvalue weighted by Crippen LogP contribution is -2.81. The van der Waals surface area contributed by atoms with Gasteiger partial charge in [-0.2, -0.15) is 0 Å². The van der Waals surface area contributed by atoms with Crippen LogP contribution in [0.15, 0.2) is 42.5 Å². The summed E-state index contributed by atoms with van der Waals surface area (Å²) in [6, 6.07) is 8.08. The summed E-state index contributed by atoms with van der Waals surface area (Å²) < 4.78 is 54.9. The average molecular weight is 899 g/mol. The number of Topliss-reactive ketones (excluding diaryl/α,β-unsaturated/α-hetero) is 1. The van der Waals surface area contributed by atoms with Crippen LogP contribution in [0.4, 0.5) is 14.5 Å². The highest BCUT2D eigenvalue weighted by molar-refractivity contribution is 6.03. The van der Waals surface area contributed by atoms with Crippen LogP contribution in [0, 0.1) is 23.2 Å². The first-order chi connectivity index (χ1) is 30.9. The number of carbonyl (C=O) groups excluding carboxylic acids is 4. The van der Waals surface area contributed by atoms with Gasteiger partial charge < -0.3 is 38.8 Å². The molecule has 4 fully saturated rings. The highest BCUT2D eigenvalue weighted by Gasteiger charge is 2.80. The lowest BCUT2D eigenvalue weighted by Gasteiger charge is -2.63. The summed E-state index contributed by atoms with van der Waals surface area (Å²) in [4.78, 5) is 66.6. The fraction of sp³-hybridized carbons (Fsp3) is 0.600. The Morgan fingerprint density at radius 1 is 0.985 bits per heavy atom. The molecule has 10 atom stereocenters. The number of hydrogen-bond acceptors (Lipinski definition) is 12. The molecule has 1 spiro atoms. The van der Waals surface area contributed by atoms with Gasteiger partial charge in [-0.25, -0.2) is 13.6 Å². The Balaban J connectivity index is 1.27. The van der Waals surface area contributed by atoms with E-state index in [9.17, 15) is 19.5 Å². The number of halogens is 2. The number of rotatable bonds is 9. The summed E-state index contributed by atoms with van der Waals surface area (Å²) in [6.07, 6.45) is 5.93. The van der Waals surface area contributed by atoms with E-state index in [0.717, 1.165) is 41.8 Å². The third-order valence-electron chi connectivity index (χ3n) is 16.9. The Labute approximate surface area is 377 Å². The number of ketones is 1. The fourth-order valence-corrected chi connectivity index (χ4v) is 14.2. The Morgan fingerprint density at radius 2 is 1.74 bits per heavy atom. The van der Waals surface area contributed by atoms with Gasteiger partial charge in [0.25, 0.3) is 0 Å². The zero-order valence-corrected chi connectivity index (χ0v) is 38.3. The van der Waals surface area contributed by atoms with Crippen molar-refractivity contribution in [1.82, 2.24) is 14.8 Å². The van der Waals surface area contributed by atoms with Crippen LogP contribution in [0.5, 0.6) is 5.75 Å². The van der Waals surface area contributed by atoms with Gasteiger partial charge in [-0.3, -0.25) is 19.3 Å². The standard InChI is InChI=1S/C50H60F2N4O9/c1-8-47-15-9-17-56-19-16-48(41(47)56)34-22-35(38(62-5)23-37(34)54(4)42(48)50(61,45(60)64-7)43(47)65-27(2)57)49(44(59)63-6)24-28-20-31(46(3,51)52)26-55(25-28)18-14-32-33-21-30(39(58)29-10-11-29)12-13-36(33)53-40(32)49/h9,12-13,15,21-23,28-29,31,41-43,53,61H,8,10-11,14,16-20,24-26H2,1-7H3/t28-,31-,41+,42-,43-,47-,48-,49+,50+/m1/s1. The number of aliphatic hydroxyl groups is 1. The molecule has 0 amide bonds. The smallest absolute Gasteiger partial charge is 0.344 e. The number of esters is 3. The summed E-state index contributed by atoms with van der Waals surface area (Å²) in [7, 11) is 5.89. The predicted octanol–water partition coefficient (Wildman–Crippen LogP) is 5.71. The van der Waals surface area contributed by atoms with Crippen LogP contribution in [0.3, 0.4) is 0 Å². The largest absolute Gasteiger partial charge is 0.496 e. The number of likely N-dealkylation sites (N-methyl/N-ethyl adjacent to an activating group) is 1. The number of fused-ring (bicyclic) bond motifs is 6. The first-order valence-corrected chi connectivity index (χ1v) is 23.2. The van der Waals surface area contributed by atoms with Crippen molar-refractivity contribution >= 4 is 40.3 Å². The summed E-state index contributed by atoms with van der Waals surface area (Å²) >= 11 is 0. The van der Waals surface area contributed by atoms with Crippen molar-refractivity contribution < 1.29 is 52.0 Å². The molecule has 2 aromatic carbocycles. The number of ether oxygens (including phenoxy) is 4. The number of methoxy groups -OCH3 is 3. The van der Waals surface area contributed by atoms with Gasteiger partial charge in [0.05, 0.1) is 27.4 Å². The molecule has 2 saturated heterocycles. The van der Waals surface area contributed by atoms with E-state index in [1.807, 2.05) is 61.4 Å². The number of H-pyrrole nitrogens is 1. The number of hydrogen-bond donors (Lipinski definition) is 2. The van der Waals surface area contributed by atoms with Gasteiger partial charge in [0.1, 0.15) is 11.2 Å². The normalized spacial score (nSPS) is 34.9. The van der Waals surface area contributed by atoms with Crippen LogP contribution >= 0.6 is 0 Å². The summed E-state index contributed by atoms with van der Waals surface area (Å²) in [5, 5.41) is 14.2. The minimum Gasteiger partial charge on any atom is -0.496 e. The maximum atomic E-state index is 15.5. The van der Waals surface area contributed by atoms with Crippen LogP contribution < -0.4 is 9.64 Å². The minimum absolute atomic E-state index is 0.0147. The molecule has 3 aromatic rings. The van der Waals surface area contributed by atoms with E-state index in [1.165, 1.54) is 28.3 Å². The first kappa shape index (κ1) is 44.0. The van der Waals surface area contributed by atoms with Gasteiger partial charge in [-0.1, -0.05) is 19.1 Å². The van der Waals surface area contributed by atoms with Gasteiger partial charge in [-0.05, 0) is 99.7 Å². The number of piperidine rings is 1. The maximum Gasteiger partial charge on any atom is 0.344 e. The molecule has 1 aromatic heterocycles. The van der Waals surface area contributed by atoms with E-state index < -0.39 is 75.7 Å². The second-order valence-electron chi connectivity index (χ2n) is 20.2. The molecule has 2 saturated carbocycles. The molecule has 10 rings (SSSR count). The van der Waals surface area contributed by atoms with Crippen molar-refractivity contribution in [3.63, 3.8) is 0 Å². The quantitative estimate of drug-likeness (QED) is 0.117. The fourth-order valence-electron chi connectivity index (χ4n) is 14.2. The van der Waals surface area contributed by atoms with Gasteiger partial charge in [0.2, 0.25) is 11.5 Å². The van der Waals surface area contributed by atoms with Gasteiger partial charge >= 0.3 is 17.9 Å². The number of alkyl halides is 2. The number of aromatic nitrogens is 1. The van der Waals surface area contributed by atoms with Crippen LogP contribution in [0.1, 0.15) is 92.0 Å².